The van der Waals surface area contributed by atoms with Gasteiger partial charge in [0.1, 0.15) is 12.4 Å². The van der Waals surface area contributed by atoms with Crippen LogP contribution >= 0.6 is 0 Å². The standard InChI is InChI=1S/C17H26N6O/c1-5-19-17(20-9-10-24-15-7-6-8-18-11-15)21-12-16-13(2)22-23(4)14(16)3/h6-8,11H,5,9-10,12H2,1-4H3,(H2,19,20,21). The lowest BCUT2D eigenvalue weighted by molar-refractivity contribution is 0.320. The minimum Gasteiger partial charge on any atom is -0.490 e. The van der Waals surface area contributed by atoms with Gasteiger partial charge in [-0.1, -0.05) is 0 Å². The van der Waals surface area contributed by atoms with Gasteiger partial charge >= 0.3 is 0 Å². The first-order valence-electron chi connectivity index (χ1n) is 8.16. The molecule has 2 rings (SSSR count). The molecular weight excluding hydrogens is 304 g/mol. The number of nitrogens with one attached hydrogen (secondary N) is 2. The smallest absolute Gasteiger partial charge is 0.191 e. The molecule has 2 heterocycles. The van der Waals surface area contributed by atoms with Gasteiger partial charge in [0, 0.05) is 31.0 Å². The molecule has 130 valence electrons. The highest BCUT2D eigenvalue weighted by molar-refractivity contribution is 5.79. The second-order valence-electron chi connectivity index (χ2n) is 5.43. The first-order valence-corrected chi connectivity index (χ1v) is 8.16. The lowest BCUT2D eigenvalue weighted by atomic mass is 10.2. The van der Waals surface area contributed by atoms with E-state index in [9.17, 15) is 0 Å². The molecule has 2 aromatic rings. The van der Waals surface area contributed by atoms with Crippen molar-refractivity contribution in [3.05, 3.63) is 41.5 Å². The van der Waals surface area contributed by atoms with E-state index in [0.29, 0.717) is 19.7 Å². The van der Waals surface area contributed by atoms with Gasteiger partial charge in [-0.25, -0.2) is 4.99 Å². The molecule has 7 nitrogen and oxygen atoms in total. The summed E-state index contributed by atoms with van der Waals surface area (Å²) in [6, 6.07) is 3.74. The summed E-state index contributed by atoms with van der Waals surface area (Å²) in [6.45, 7) is 8.73. The Kier molecular flexibility index (Phi) is 6.60. The van der Waals surface area contributed by atoms with Gasteiger partial charge in [-0.2, -0.15) is 5.10 Å². The summed E-state index contributed by atoms with van der Waals surface area (Å²) in [5, 5.41) is 10.9. The van der Waals surface area contributed by atoms with Crippen molar-refractivity contribution in [2.75, 3.05) is 19.7 Å². The van der Waals surface area contributed by atoms with Gasteiger partial charge < -0.3 is 15.4 Å². The molecule has 0 saturated carbocycles. The Hall–Kier alpha value is -2.57. The van der Waals surface area contributed by atoms with Crippen molar-refractivity contribution in [2.24, 2.45) is 12.0 Å². The Labute approximate surface area is 143 Å². The third-order valence-electron chi connectivity index (χ3n) is 3.70. The summed E-state index contributed by atoms with van der Waals surface area (Å²) >= 11 is 0. The zero-order chi connectivity index (χ0) is 17.4. The third-order valence-corrected chi connectivity index (χ3v) is 3.70. The van der Waals surface area contributed by atoms with Gasteiger partial charge in [0.05, 0.1) is 25.0 Å². The quantitative estimate of drug-likeness (QED) is 0.458. The second kappa shape index (κ2) is 8.90. The summed E-state index contributed by atoms with van der Waals surface area (Å²) in [7, 11) is 1.95. The lowest BCUT2D eigenvalue weighted by Gasteiger charge is -2.12. The minimum atomic E-state index is 0.543. The summed E-state index contributed by atoms with van der Waals surface area (Å²) < 4.78 is 7.51. The van der Waals surface area contributed by atoms with Crippen molar-refractivity contribution >= 4 is 5.96 Å². The Bertz CT molecular complexity index is 665. The van der Waals surface area contributed by atoms with E-state index in [1.807, 2.05) is 37.7 Å². The largest absolute Gasteiger partial charge is 0.490 e. The van der Waals surface area contributed by atoms with Crippen molar-refractivity contribution in [3.8, 4) is 5.75 Å². The van der Waals surface area contributed by atoms with E-state index in [1.165, 1.54) is 5.56 Å². The van der Waals surface area contributed by atoms with Crippen molar-refractivity contribution in [2.45, 2.75) is 27.3 Å². The first-order chi connectivity index (χ1) is 11.6. The monoisotopic (exact) mass is 330 g/mol. The predicted molar refractivity (Wildman–Crippen MR) is 95.2 cm³/mol. The number of nitrogens with zero attached hydrogens (tertiary/aromatic N) is 4. The number of hydrogen-bond acceptors (Lipinski definition) is 4. The van der Waals surface area contributed by atoms with Gasteiger partial charge in [-0.3, -0.25) is 9.67 Å². The van der Waals surface area contributed by atoms with Crippen LogP contribution in [0.4, 0.5) is 0 Å². The van der Waals surface area contributed by atoms with E-state index in [1.54, 1.807) is 12.4 Å². The predicted octanol–water partition coefficient (Wildman–Crippen LogP) is 1.57. The summed E-state index contributed by atoms with van der Waals surface area (Å²) in [5.74, 6) is 1.54. The molecule has 0 unspecified atom stereocenters. The zero-order valence-corrected chi connectivity index (χ0v) is 14.8. The molecule has 2 aromatic heterocycles. The van der Waals surface area contributed by atoms with E-state index < -0.39 is 0 Å². The maximum absolute atomic E-state index is 5.62. The van der Waals surface area contributed by atoms with Crippen LogP contribution in [0, 0.1) is 13.8 Å². The Morgan fingerprint density at radius 1 is 1.33 bits per heavy atom. The van der Waals surface area contributed by atoms with Gasteiger partial charge in [0.15, 0.2) is 5.96 Å². The molecule has 0 spiro atoms. The number of aryl methyl sites for hydroxylation is 2. The maximum Gasteiger partial charge on any atom is 0.191 e. The Morgan fingerprint density at radius 3 is 2.79 bits per heavy atom. The van der Waals surface area contributed by atoms with Crippen molar-refractivity contribution in [3.63, 3.8) is 0 Å². The van der Waals surface area contributed by atoms with Crippen molar-refractivity contribution in [1.82, 2.24) is 25.4 Å². The zero-order valence-electron chi connectivity index (χ0n) is 14.8. The number of aromatic nitrogens is 3. The third kappa shape index (κ3) is 4.97. The van der Waals surface area contributed by atoms with Crippen LogP contribution in [0.5, 0.6) is 5.75 Å². The fourth-order valence-electron chi connectivity index (χ4n) is 2.32. The van der Waals surface area contributed by atoms with Gasteiger partial charge in [0.25, 0.3) is 0 Å². The maximum atomic E-state index is 5.62. The molecule has 24 heavy (non-hydrogen) atoms. The van der Waals surface area contributed by atoms with E-state index in [2.05, 4.69) is 32.6 Å². The minimum absolute atomic E-state index is 0.543. The highest BCUT2D eigenvalue weighted by atomic mass is 16.5. The van der Waals surface area contributed by atoms with Crippen LogP contribution in [-0.2, 0) is 13.6 Å². The Balaban J connectivity index is 1.86. The van der Waals surface area contributed by atoms with Gasteiger partial charge in [-0.05, 0) is 32.9 Å². The molecule has 0 aliphatic heterocycles. The van der Waals surface area contributed by atoms with Crippen molar-refractivity contribution in [1.29, 1.82) is 0 Å². The van der Waals surface area contributed by atoms with E-state index in [4.69, 9.17) is 4.74 Å². The molecular formula is C17H26N6O. The molecule has 2 N–H and O–H groups in total. The number of rotatable bonds is 7. The number of pyridine rings is 1. The van der Waals surface area contributed by atoms with Crippen LogP contribution in [-0.4, -0.2) is 40.4 Å². The first kappa shape index (κ1) is 17.8. The highest BCUT2D eigenvalue weighted by Gasteiger charge is 2.08. The van der Waals surface area contributed by atoms with E-state index >= 15 is 0 Å². The molecule has 0 aliphatic carbocycles. The molecule has 0 amide bonds. The van der Waals surface area contributed by atoms with Crippen LogP contribution < -0.4 is 15.4 Å². The molecule has 0 radical (unpaired) electrons. The van der Waals surface area contributed by atoms with Crippen LogP contribution in [0.2, 0.25) is 0 Å². The van der Waals surface area contributed by atoms with Gasteiger partial charge in [-0.15, -0.1) is 0 Å². The average Bonchev–Trinajstić information content (AvgIpc) is 2.82. The fourth-order valence-corrected chi connectivity index (χ4v) is 2.32. The Morgan fingerprint density at radius 2 is 2.17 bits per heavy atom. The normalized spacial score (nSPS) is 11.4. The van der Waals surface area contributed by atoms with Crippen LogP contribution in [0.15, 0.2) is 29.5 Å². The van der Waals surface area contributed by atoms with E-state index in [0.717, 1.165) is 29.6 Å². The molecule has 0 bridgehead atoms. The highest BCUT2D eigenvalue weighted by Crippen LogP contribution is 2.12. The van der Waals surface area contributed by atoms with Crippen LogP contribution in [0.25, 0.3) is 0 Å². The molecule has 7 heteroatoms. The number of ether oxygens (including phenoxy) is 1. The molecule has 0 saturated heterocycles. The fraction of sp³-hybridized carbons (Fsp3) is 0.471. The topological polar surface area (TPSA) is 76.4 Å². The summed E-state index contributed by atoms with van der Waals surface area (Å²) in [6.07, 6.45) is 3.43. The summed E-state index contributed by atoms with van der Waals surface area (Å²) in [5.41, 5.74) is 3.34. The molecule has 0 atom stereocenters. The van der Waals surface area contributed by atoms with E-state index in [-0.39, 0.29) is 0 Å². The molecule has 0 aliphatic rings. The SMILES string of the molecule is CCNC(=NCc1c(C)nn(C)c1C)NCCOc1cccnc1. The number of aliphatic imine (C=N–C) groups is 1. The lowest BCUT2D eigenvalue weighted by Crippen LogP contribution is -2.39. The second-order valence-corrected chi connectivity index (χ2v) is 5.43. The van der Waals surface area contributed by atoms with Crippen LogP contribution in [0.1, 0.15) is 23.9 Å². The van der Waals surface area contributed by atoms with Gasteiger partial charge in [0.2, 0.25) is 0 Å². The van der Waals surface area contributed by atoms with Crippen molar-refractivity contribution < 1.29 is 4.74 Å². The number of guanidine groups is 1. The molecule has 0 fully saturated rings. The average molecular weight is 330 g/mol. The molecule has 0 aromatic carbocycles. The number of hydrogen-bond donors (Lipinski definition) is 2. The summed E-state index contributed by atoms with van der Waals surface area (Å²) in [4.78, 5) is 8.66. The van der Waals surface area contributed by atoms with Crippen LogP contribution in [0.3, 0.4) is 0 Å².